The Kier molecular flexibility index (Phi) is 13.2. The van der Waals surface area contributed by atoms with E-state index in [9.17, 15) is 14.7 Å². The zero-order valence-corrected chi connectivity index (χ0v) is 21.2. The molecule has 0 aromatic heterocycles. The van der Waals surface area contributed by atoms with Crippen LogP contribution in [-0.2, 0) is 23.8 Å². The molecule has 2 aliphatic carbocycles. The molecule has 2 atom stereocenters. The number of aliphatic hydroxyl groups excluding tert-OH is 2. The molecule has 196 valence electrons. The van der Waals surface area contributed by atoms with Crippen LogP contribution >= 0.6 is 0 Å². The summed E-state index contributed by atoms with van der Waals surface area (Å²) in [5, 5.41) is 18.3. The van der Waals surface area contributed by atoms with Gasteiger partial charge in [-0.25, -0.2) is 4.79 Å². The van der Waals surface area contributed by atoms with Crippen LogP contribution in [-0.4, -0.2) is 61.3 Å². The van der Waals surface area contributed by atoms with Gasteiger partial charge in [-0.1, -0.05) is 26.3 Å². The van der Waals surface area contributed by atoms with Crippen LogP contribution in [0.1, 0.15) is 78.1 Å². The van der Waals surface area contributed by atoms with Gasteiger partial charge >= 0.3 is 11.9 Å². The highest BCUT2D eigenvalue weighted by Gasteiger charge is 2.31. The van der Waals surface area contributed by atoms with Gasteiger partial charge < -0.3 is 24.4 Å². The van der Waals surface area contributed by atoms with E-state index in [1.807, 2.05) is 0 Å². The van der Waals surface area contributed by atoms with Gasteiger partial charge in [-0.3, -0.25) is 4.79 Å². The summed E-state index contributed by atoms with van der Waals surface area (Å²) in [7, 11) is 0. The minimum atomic E-state index is -0.627. The first-order valence-corrected chi connectivity index (χ1v) is 13.2. The predicted molar refractivity (Wildman–Crippen MR) is 130 cm³/mol. The van der Waals surface area contributed by atoms with Crippen LogP contribution in [0.5, 0.6) is 0 Å². The number of rotatable bonds is 14. The van der Waals surface area contributed by atoms with Crippen LogP contribution in [0.15, 0.2) is 12.2 Å². The number of hydrogen-bond donors (Lipinski definition) is 2. The molecule has 2 saturated carbocycles. The van der Waals surface area contributed by atoms with E-state index in [0.717, 1.165) is 38.2 Å². The Balaban J connectivity index is 1.79. The lowest BCUT2D eigenvalue weighted by Gasteiger charge is -2.35. The first kappa shape index (κ1) is 28.8. The van der Waals surface area contributed by atoms with Crippen molar-refractivity contribution in [1.29, 1.82) is 0 Å². The van der Waals surface area contributed by atoms with Crippen molar-refractivity contribution in [3.8, 4) is 0 Å². The second-order valence-electron chi connectivity index (χ2n) is 10.4. The molecule has 2 unspecified atom stereocenters. The van der Waals surface area contributed by atoms with E-state index in [2.05, 4.69) is 13.5 Å². The summed E-state index contributed by atoms with van der Waals surface area (Å²) in [5.41, 5.74) is 0.00855. The molecule has 0 amide bonds. The number of hydrogen-bond acceptors (Lipinski definition) is 7. The molecule has 0 bridgehead atoms. The van der Waals surface area contributed by atoms with Crippen LogP contribution < -0.4 is 0 Å². The van der Waals surface area contributed by atoms with Gasteiger partial charge in [-0.2, -0.15) is 0 Å². The van der Waals surface area contributed by atoms with Crippen molar-refractivity contribution in [1.82, 2.24) is 0 Å². The largest absolute Gasteiger partial charge is 0.465 e. The minimum Gasteiger partial charge on any atom is -0.465 e. The monoisotopic (exact) mass is 482 g/mol. The summed E-state index contributed by atoms with van der Waals surface area (Å²) in [5.74, 6) is -0.0849. The predicted octanol–water partition coefficient (Wildman–Crippen LogP) is 4.05. The van der Waals surface area contributed by atoms with Crippen LogP contribution in [0, 0.1) is 29.6 Å². The highest BCUT2D eigenvalue weighted by Crippen LogP contribution is 2.35. The standard InChI is InChI=1S/C27H46O7/c1-4-5-21-8-12-25(13-9-21)32-16-22-6-10-23(11-7-22)24(17-33-26(30)19(2)14-28)18-34-27(31)20(3)15-29/h20-25,28-29H,2,4-18H2,1,3H3. The first-order valence-electron chi connectivity index (χ1n) is 13.2. The Morgan fingerprint density at radius 1 is 0.941 bits per heavy atom. The Morgan fingerprint density at radius 2 is 1.56 bits per heavy atom. The minimum absolute atomic E-state index is 0.00855. The molecule has 2 N–H and O–H groups in total. The Labute approximate surface area is 205 Å². The van der Waals surface area contributed by atoms with Crippen LogP contribution in [0.25, 0.3) is 0 Å². The van der Waals surface area contributed by atoms with Crippen molar-refractivity contribution in [2.75, 3.05) is 33.0 Å². The van der Waals surface area contributed by atoms with Gasteiger partial charge in [0.2, 0.25) is 0 Å². The van der Waals surface area contributed by atoms with Crippen molar-refractivity contribution >= 4 is 11.9 Å². The summed E-state index contributed by atoms with van der Waals surface area (Å²) < 4.78 is 17.1. The molecule has 2 rings (SSSR count). The maximum atomic E-state index is 12.0. The molecular formula is C27H46O7. The zero-order chi connectivity index (χ0) is 24.9. The van der Waals surface area contributed by atoms with Gasteiger partial charge in [-0.15, -0.1) is 0 Å². The van der Waals surface area contributed by atoms with E-state index in [0.29, 0.717) is 12.0 Å². The third-order valence-electron chi connectivity index (χ3n) is 7.64. The van der Waals surface area contributed by atoms with Crippen molar-refractivity contribution in [3.63, 3.8) is 0 Å². The third kappa shape index (κ3) is 9.67. The highest BCUT2D eigenvalue weighted by molar-refractivity contribution is 5.87. The van der Waals surface area contributed by atoms with Crippen LogP contribution in [0.3, 0.4) is 0 Å². The molecule has 34 heavy (non-hydrogen) atoms. The number of ether oxygens (including phenoxy) is 3. The lowest BCUT2D eigenvalue weighted by molar-refractivity contribution is -0.153. The lowest BCUT2D eigenvalue weighted by atomic mass is 9.76. The van der Waals surface area contributed by atoms with Crippen molar-refractivity contribution in [2.45, 2.75) is 84.2 Å². The smallest absolute Gasteiger partial charge is 0.335 e. The molecule has 0 aliphatic heterocycles. The van der Waals surface area contributed by atoms with Gasteiger partial charge in [0.05, 0.1) is 44.0 Å². The van der Waals surface area contributed by atoms with E-state index in [4.69, 9.17) is 19.3 Å². The maximum Gasteiger partial charge on any atom is 0.335 e. The van der Waals surface area contributed by atoms with E-state index in [1.54, 1.807) is 6.92 Å². The quantitative estimate of drug-likeness (QED) is 0.284. The topological polar surface area (TPSA) is 102 Å². The van der Waals surface area contributed by atoms with Gasteiger partial charge in [-0.05, 0) is 76.0 Å². The van der Waals surface area contributed by atoms with Crippen molar-refractivity contribution in [3.05, 3.63) is 12.2 Å². The zero-order valence-electron chi connectivity index (χ0n) is 21.2. The molecule has 0 radical (unpaired) electrons. The van der Waals surface area contributed by atoms with Crippen molar-refractivity contribution in [2.24, 2.45) is 29.6 Å². The fourth-order valence-corrected chi connectivity index (χ4v) is 5.17. The molecule has 7 heteroatoms. The van der Waals surface area contributed by atoms with E-state index in [1.165, 1.54) is 38.5 Å². The summed E-state index contributed by atoms with van der Waals surface area (Å²) in [6.45, 7) is 7.75. The Morgan fingerprint density at radius 3 is 2.15 bits per heavy atom. The molecule has 0 aromatic rings. The van der Waals surface area contributed by atoms with E-state index in [-0.39, 0.29) is 37.2 Å². The van der Waals surface area contributed by atoms with E-state index < -0.39 is 24.5 Å². The van der Waals surface area contributed by atoms with Crippen molar-refractivity contribution < 1.29 is 34.0 Å². The van der Waals surface area contributed by atoms with Gasteiger partial charge in [0, 0.05) is 12.5 Å². The first-order chi connectivity index (χ1) is 16.4. The van der Waals surface area contributed by atoms with Gasteiger partial charge in [0.25, 0.3) is 0 Å². The molecule has 0 saturated heterocycles. The highest BCUT2D eigenvalue weighted by atomic mass is 16.5. The number of esters is 2. The van der Waals surface area contributed by atoms with E-state index >= 15 is 0 Å². The molecule has 0 spiro atoms. The molecule has 2 fully saturated rings. The summed E-state index contributed by atoms with van der Waals surface area (Å²) >= 11 is 0. The molecule has 0 heterocycles. The third-order valence-corrected chi connectivity index (χ3v) is 7.64. The SMILES string of the molecule is C=C(CO)C(=O)OCC(COC(=O)C(C)CO)C1CCC(COC2CCC(CCC)CC2)CC1. The van der Waals surface area contributed by atoms with Crippen LogP contribution in [0.4, 0.5) is 0 Å². The lowest BCUT2D eigenvalue weighted by Crippen LogP contribution is -2.33. The maximum absolute atomic E-state index is 12.0. The molecule has 7 nitrogen and oxygen atoms in total. The summed E-state index contributed by atoms with van der Waals surface area (Å²) in [6, 6.07) is 0. The number of carbonyl (C=O) groups is 2. The second kappa shape index (κ2) is 15.5. The fourth-order valence-electron chi connectivity index (χ4n) is 5.17. The molecular weight excluding hydrogens is 436 g/mol. The summed E-state index contributed by atoms with van der Waals surface area (Å²) in [4.78, 5) is 24.0. The molecule has 2 aliphatic rings. The normalized spacial score (nSPS) is 26.9. The summed E-state index contributed by atoms with van der Waals surface area (Å²) in [6.07, 6.45) is 12.0. The number of aliphatic hydroxyl groups is 2. The molecule has 0 aromatic carbocycles. The Hall–Kier alpha value is -1.44. The average Bonchev–Trinajstić information content (AvgIpc) is 2.87. The Bertz CT molecular complexity index is 618. The fraction of sp³-hybridized carbons (Fsp3) is 0.852. The van der Waals surface area contributed by atoms with Gasteiger partial charge in [0.15, 0.2) is 0 Å². The second-order valence-corrected chi connectivity index (χ2v) is 10.4. The van der Waals surface area contributed by atoms with Crippen LogP contribution in [0.2, 0.25) is 0 Å². The van der Waals surface area contributed by atoms with Gasteiger partial charge in [0.1, 0.15) is 0 Å². The number of carbonyl (C=O) groups excluding carboxylic acids is 2. The average molecular weight is 483 g/mol.